The molecule has 66 valence electrons. The van der Waals surface area contributed by atoms with Crippen molar-refractivity contribution in [1.29, 1.82) is 0 Å². The van der Waals surface area contributed by atoms with E-state index < -0.39 is 0 Å². The Morgan fingerprint density at radius 1 is 1.08 bits per heavy atom. The van der Waals surface area contributed by atoms with Gasteiger partial charge in [0.2, 0.25) is 0 Å². The fourth-order valence-electron chi connectivity index (χ4n) is 1.22. The summed E-state index contributed by atoms with van der Waals surface area (Å²) in [5.74, 6) is 0.671. The highest BCUT2D eigenvalue weighted by Gasteiger charge is 1.98. The third-order valence-corrected chi connectivity index (χ3v) is 2.13. The van der Waals surface area contributed by atoms with Crippen molar-refractivity contribution in [2.75, 3.05) is 5.73 Å². The van der Waals surface area contributed by atoms with Crippen LogP contribution >= 0.6 is 11.6 Å². The summed E-state index contributed by atoms with van der Waals surface area (Å²) in [5.41, 5.74) is 7.75. The number of hydrogen-bond donors (Lipinski definition) is 2. The number of benzene rings is 1. The highest BCUT2D eigenvalue weighted by Crippen LogP contribution is 2.22. The number of aromatic amines is 1. The normalized spacial score (nSPS) is 10.2. The third kappa shape index (κ3) is 1.68. The number of nitrogen functional groups attached to an aromatic ring is 1. The van der Waals surface area contributed by atoms with Crippen LogP contribution < -0.4 is 5.73 Å². The average molecular weight is 193 g/mol. The molecule has 1 aromatic heterocycles. The third-order valence-electron chi connectivity index (χ3n) is 1.88. The van der Waals surface area contributed by atoms with Crippen molar-refractivity contribution in [2.45, 2.75) is 0 Å². The maximum absolute atomic E-state index is 5.77. The molecule has 0 atom stereocenters. The molecule has 0 spiro atoms. The van der Waals surface area contributed by atoms with Gasteiger partial charge in [0.15, 0.2) is 0 Å². The van der Waals surface area contributed by atoms with Crippen molar-refractivity contribution in [3.8, 4) is 11.1 Å². The zero-order chi connectivity index (χ0) is 9.26. The van der Waals surface area contributed by atoms with E-state index in [2.05, 4.69) is 4.98 Å². The molecule has 1 aromatic carbocycles. The van der Waals surface area contributed by atoms with Gasteiger partial charge in [0, 0.05) is 16.8 Å². The number of halogens is 1. The van der Waals surface area contributed by atoms with Crippen LogP contribution in [0, 0.1) is 0 Å². The van der Waals surface area contributed by atoms with E-state index in [1.54, 1.807) is 0 Å². The van der Waals surface area contributed by atoms with Crippen LogP contribution in [0.1, 0.15) is 0 Å². The van der Waals surface area contributed by atoms with Crippen LogP contribution in [0.15, 0.2) is 36.5 Å². The molecule has 0 aliphatic heterocycles. The highest BCUT2D eigenvalue weighted by molar-refractivity contribution is 6.30. The lowest BCUT2D eigenvalue weighted by atomic mass is 10.1. The van der Waals surface area contributed by atoms with Crippen molar-refractivity contribution < 1.29 is 0 Å². The standard InChI is InChI=1S/C10H9ClN2/c11-9-3-1-7(2-4-9)8-5-10(12)13-6-8/h1-6,13H,12H2. The topological polar surface area (TPSA) is 41.8 Å². The molecule has 0 saturated carbocycles. The average Bonchev–Trinajstić information content (AvgIpc) is 2.53. The molecule has 0 amide bonds. The van der Waals surface area contributed by atoms with Gasteiger partial charge in [0.25, 0.3) is 0 Å². The van der Waals surface area contributed by atoms with Gasteiger partial charge >= 0.3 is 0 Å². The predicted molar refractivity (Wildman–Crippen MR) is 55.7 cm³/mol. The van der Waals surface area contributed by atoms with E-state index in [4.69, 9.17) is 17.3 Å². The number of H-pyrrole nitrogens is 1. The number of nitrogens with one attached hydrogen (secondary N) is 1. The number of rotatable bonds is 1. The number of nitrogens with two attached hydrogens (primary N) is 1. The van der Waals surface area contributed by atoms with Gasteiger partial charge in [0.1, 0.15) is 5.82 Å². The highest BCUT2D eigenvalue weighted by atomic mass is 35.5. The Kier molecular flexibility index (Phi) is 1.99. The van der Waals surface area contributed by atoms with E-state index in [1.165, 1.54) is 0 Å². The molecule has 3 N–H and O–H groups in total. The van der Waals surface area contributed by atoms with Crippen molar-refractivity contribution in [3.05, 3.63) is 41.6 Å². The molecule has 0 saturated heterocycles. The fraction of sp³-hybridized carbons (Fsp3) is 0. The Labute approximate surface area is 81.3 Å². The molecule has 3 heteroatoms. The summed E-state index contributed by atoms with van der Waals surface area (Å²) in [7, 11) is 0. The minimum atomic E-state index is 0.671. The summed E-state index contributed by atoms with van der Waals surface area (Å²) in [6.07, 6.45) is 1.87. The van der Waals surface area contributed by atoms with Gasteiger partial charge in [-0.15, -0.1) is 0 Å². The van der Waals surface area contributed by atoms with Crippen LogP contribution in [0.3, 0.4) is 0 Å². The molecular weight excluding hydrogens is 184 g/mol. The van der Waals surface area contributed by atoms with Crippen molar-refractivity contribution in [1.82, 2.24) is 4.98 Å². The minimum absolute atomic E-state index is 0.671. The van der Waals surface area contributed by atoms with Crippen molar-refractivity contribution in [2.24, 2.45) is 0 Å². The maximum atomic E-state index is 5.77. The van der Waals surface area contributed by atoms with Crippen LogP contribution in [-0.4, -0.2) is 4.98 Å². The molecule has 0 aliphatic carbocycles. The van der Waals surface area contributed by atoms with Crippen LogP contribution in [0.25, 0.3) is 11.1 Å². The first-order valence-electron chi connectivity index (χ1n) is 3.95. The largest absolute Gasteiger partial charge is 0.385 e. The monoisotopic (exact) mass is 192 g/mol. The van der Waals surface area contributed by atoms with E-state index in [-0.39, 0.29) is 0 Å². The van der Waals surface area contributed by atoms with Gasteiger partial charge in [0.05, 0.1) is 0 Å². The Bertz CT molecular complexity index is 403. The van der Waals surface area contributed by atoms with Crippen molar-refractivity contribution in [3.63, 3.8) is 0 Å². The molecule has 13 heavy (non-hydrogen) atoms. The van der Waals surface area contributed by atoms with Gasteiger partial charge in [-0.25, -0.2) is 0 Å². The predicted octanol–water partition coefficient (Wildman–Crippen LogP) is 2.92. The second kappa shape index (κ2) is 3.15. The van der Waals surface area contributed by atoms with Gasteiger partial charge in [-0.3, -0.25) is 0 Å². The zero-order valence-corrected chi connectivity index (χ0v) is 7.68. The first-order valence-corrected chi connectivity index (χ1v) is 4.33. The molecule has 0 unspecified atom stereocenters. The summed E-state index contributed by atoms with van der Waals surface area (Å²) >= 11 is 5.77. The summed E-state index contributed by atoms with van der Waals surface area (Å²) in [5, 5.41) is 0.743. The Hall–Kier alpha value is -1.41. The Morgan fingerprint density at radius 2 is 1.77 bits per heavy atom. The summed E-state index contributed by atoms with van der Waals surface area (Å²) in [6, 6.07) is 9.54. The van der Waals surface area contributed by atoms with E-state index in [1.807, 2.05) is 36.5 Å². The molecule has 2 aromatic rings. The van der Waals surface area contributed by atoms with Crippen LogP contribution in [-0.2, 0) is 0 Å². The van der Waals surface area contributed by atoms with Gasteiger partial charge < -0.3 is 10.7 Å². The minimum Gasteiger partial charge on any atom is -0.385 e. The molecule has 0 fully saturated rings. The Morgan fingerprint density at radius 3 is 2.31 bits per heavy atom. The van der Waals surface area contributed by atoms with E-state index in [0.29, 0.717) is 5.82 Å². The van der Waals surface area contributed by atoms with Gasteiger partial charge in [-0.2, -0.15) is 0 Å². The molecule has 0 radical (unpaired) electrons. The lowest BCUT2D eigenvalue weighted by molar-refractivity contribution is 1.42. The summed E-state index contributed by atoms with van der Waals surface area (Å²) in [4.78, 5) is 2.93. The molecule has 0 aliphatic rings. The summed E-state index contributed by atoms with van der Waals surface area (Å²) < 4.78 is 0. The molecule has 2 rings (SSSR count). The second-order valence-electron chi connectivity index (χ2n) is 2.85. The van der Waals surface area contributed by atoms with Gasteiger partial charge in [-0.05, 0) is 23.8 Å². The number of anilines is 1. The lowest BCUT2D eigenvalue weighted by Crippen LogP contribution is -1.79. The smallest absolute Gasteiger partial charge is 0.101 e. The number of hydrogen-bond acceptors (Lipinski definition) is 1. The van der Waals surface area contributed by atoms with Crippen LogP contribution in [0.2, 0.25) is 5.02 Å². The van der Waals surface area contributed by atoms with Crippen LogP contribution in [0.4, 0.5) is 5.82 Å². The van der Waals surface area contributed by atoms with Crippen molar-refractivity contribution >= 4 is 17.4 Å². The van der Waals surface area contributed by atoms with Gasteiger partial charge in [-0.1, -0.05) is 23.7 Å². The number of aromatic nitrogens is 1. The fourth-order valence-corrected chi connectivity index (χ4v) is 1.35. The molecule has 1 heterocycles. The summed E-state index contributed by atoms with van der Waals surface area (Å²) in [6.45, 7) is 0. The molecular formula is C10H9ClN2. The maximum Gasteiger partial charge on any atom is 0.101 e. The SMILES string of the molecule is Nc1cc(-c2ccc(Cl)cc2)c[nH]1. The quantitative estimate of drug-likeness (QED) is 0.717. The lowest BCUT2D eigenvalue weighted by Gasteiger charge is -1.96. The Balaban J connectivity index is 2.41. The van der Waals surface area contributed by atoms with Crippen LogP contribution in [0.5, 0.6) is 0 Å². The van der Waals surface area contributed by atoms with E-state index >= 15 is 0 Å². The second-order valence-corrected chi connectivity index (χ2v) is 3.29. The molecule has 2 nitrogen and oxygen atoms in total. The van der Waals surface area contributed by atoms with E-state index in [9.17, 15) is 0 Å². The van der Waals surface area contributed by atoms with E-state index in [0.717, 1.165) is 16.1 Å². The first kappa shape index (κ1) is 8.20. The molecule has 0 bridgehead atoms. The zero-order valence-electron chi connectivity index (χ0n) is 6.92. The first-order chi connectivity index (χ1) is 6.25.